The quantitative estimate of drug-likeness (QED) is 0.275. The molecule has 1 aromatic heterocycles. The molecule has 5 N–H and O–H groups in total. The standard InChI is InChI=1S/C20H30N4O6/c1-23-10-4-7-15(23)17(25)12-14(19(27)28)22-13(6-2-3-9-21)18(26)24-11-5-8-16(24)20(29)30/h4,7,10,13-14,16,22H,2-3,5-6,8-9,11-12,21H2,1H3,(H,27,28)(H,29,30)/t13-,14?,16-/m0/s1. The van der Waals surface area contributed by atoms with Gasteiger partial charge in [-0.2, -0.15) is 0 Å². The molecule has 1 aliphatic rings. The van der Waals surface area contributed by atoms with Crippen LogP contribution in [0.5, 0.6) is 0 Å². The number of nitrogens with two attached hydrogens (primary N) is 1. The molecule has 3 atom stereocenters. The second-order valence-corrected chi connectivity index (χ2v) is 7.55. The first kappa shape index (κ1) is 23.6. The molecule has 1 unspecified atom stereocenters. The lowest BCUT2D eigenvalue weighted by molar-refractivity contribution is -0.149. The van der Waals surface area contributed by atoms with E-state index < -0.39 is 36.0 Å². The highest BCUT2D eigenvalue weighted by Crippen LogP contribution is 2.20. The summed E-state index contributed by atoms with van der Waals surface area (Å²) in [5.41, 5.74) is 5.90. The van der Waals surface area contributed by atoms with Crippen LogP contribution < -0.4 is 11.1 Å². The number of nitrogens with zero attached hydrogens (tertiary/aromatic N) is 2. The maximum Gasteiger partial charge on any atom is 0.326 e. The first-order chi connectivity index (χ1) is 14.3. The van der Waals surface area contributed by atoms with Crippen molar-refractivity contribution in [2.75, 3.05) is 13.1 Å². The highest BCUT2D eigenvalue weighted by Gasteiger charge is 2.38. The van der Waals surface area contributed by atoms with Crippen molar-refractivity contribution in [2.24, 2.45) is 12.8 Å². The van der Waals surface area contributed by atoms with Crippen LogP contribution in [0.3, 0.4) is 0 Å². The number of carboxylic acids is 2. The van der Waals surface area contributed by atoms with Gasteiger partial charge in [-0.05, 0) is 44.4 Å². The van der Waals surface area contributed by atoms with Gasteiger partial charge in [-0.1, -0.05) is 6.42 Å². The molecule has 0 saturated carbocycles. The molecule has 0 aliphatic carbocycles. The number of nitrogens with one attached hydrogen (secondary N) is 1. The normalized spacial score (nSPS) is 18.2. The van der Waals surface area contributed by atoms with Gasteiger partial charge in [-0.25, -0.2) is 4.79 Å². The van der Waals surface area contributed by atoms with Crippen molar-refractivity contribution in [3.8, 4) is 0 Å². The Hall–Kier alpha value is -2.72. The maximum atomic E-state index is 13.1. The summed E-state index contributed by atoms with van der Waals surface area (Å²) in [6.07, 6.45) is 3.83. The van der Waals surface area contributed by atoms with E-state index in [-0.39, 0.29) is 12.2 Å². The van der Waals surface area contributed by atoms with Crippen LogP contribution in [-0.2, 0) is 21.4 Å². The Balaban J connectivity index is 2.16. The predicted octanol–water partition coefficient (Wildman–Crippen LogP) is 0.214. The minimum absolute atomic E-state index is 0.307. The summed E-state index contributed by atoms with van der Waals surface area (Å²) in [4.78, 5) is 50.2. The fourth-order valence-electron chi connectivity index (χ4n) is 3.76. The van der Waals surface area contributed by atoms with Crippen molar-refractivity contribution in [3.63, 3.8) is 0 Å². The predicted molar refractivity (Wildman–Crippen MR) is 108 cm³/mol. The first-order valence-corrected chi connectivity index (χ1v) is 10.1. The van der Waals surface area contributed by atoms with E-state index >= 15 is 0 Å². The van der Waals surface area contributed by atoms with E-state index in [1.165, 1.54) is 4.90 Å². The van der Waals surface area contributed by atoms with Crippen molar-refractivity contribution < 1.29 is 29.4 Å². The largest absolute Gasteiger partial charge is 0.480 e. The van der Waals surface area contributed by atoms with E-state index in [0.29, 0.717) is 50.9 Å². The van der Waals surface area contributed by atoms with E-state index in [4.69, 9.17) is 5.73 Å². The van der Waals surface area contributed by atoms with Gasteiger partial charge in [0.25, 0.3) is 0 Å². The van der Waals surface area contributed by atoms with Crippen molar-refractivity contribution in [1.82, 2.24) is 14.8 Å². The van der Waals surface area contributed by atoms with Gasteiger partial charge in [0.05, 0.1) is 11.7 Å². The van der Waals surface area contributed by atoms with Crippen molar-refractivity contribution in [3.05, 3.63) is 24.0 Å². The summed E-state index contributed by atoms with van der Waals surface area (Å²) in [7, 11) is 1.69. The minimum atomic E-state index is -1.27. The van der Waals surface area contributed by atoms with Crippen LogP contribution in [0.2, 0.25) is 0 Å². The highest BCUT2D eigenvalue weighted by atomic mass is 16.4. The molecule has 1 aromatic rings. The smallest absolute Gasteiger partial charge is 0.326 e. The van der Waals surface area contributed by atoms with Gasteiger partial charge in [-0.3, -0.25) is 19.7 Å². The molecular weight excluding hydrogens is 392 g/mol. The van der Waals surface area contributed by atoms with Crippen molar-refractivity contribution >= 4 is 23.6 Å². The Bertz CT molecular complexity index is 777. The zero-order valence-electron chi connectivity index (χ0n) is 17.1. The number of aryl methyl sites for hydroxylation is 1. The Morgan fingerprint density at radius 3 is 2.53 bits per heavy atom. The zero-order chi connectivity index (χ0) is 22.3. The van der Waals surface area contributed by atoms with Gasteiger partial charge in [0.2, 0.25) is 5.91 Å². The van der Waals surface area contributed by atoms with Gasteiger partial charge < -0.3 is 25.4 Å². The van der Waals surface area contributed by atoms with Crippen LogP contribution in [0.1, 0.15) is 49.0 Å². The first-order valence-electron chi connectivity index (χ1n) is 10.1. The number of carbonyl (C=O) groups is 4. The molecule has 0 aromatic carbocycles. The average Bonchev–Trinajstić information content (AvgIpc) is 3.34. The highest BCUT2D eigenvalue weighted by molar-refractivity contribution is 5.97. The third-order valence-corrected chi connectivity index (χ3v) is 5.39. The summed E-state index contributed by atoms with van der Waals surface area (Å²) >= 11 is 0. The number of ketones is 1. The average molecular weight is 422 g/mol. The number of aromatic nitrogens is 1. The second kappa shape index (κ2) is 10.9. The number of hydrogen-bond acceptors (Lipinski definition) is 6. The molecule has 30 heavy (non-hydrogen) atoms. The molecule has 166 valence electrons. The number of unbranched alkanes of at least 4 members (excludes halogenated alkanes) is 1. The lowest BCUT2D eigenvalue weighted by Gasteiger charge is -2.29. The van der Waals surface area contributed by atoms with Gasteiger partial charge in [0.1, 0.15) is 12.1 Å². The fourth-order valence-corrected chi connectivity index (χ4v) is 3.76. The zero-order valence-corrected chi connectivity index (χ0v) is 17.1. The number of rotatable bonds is 12. The lowest BCUT2D eigenvalue weighted by atomic mass is 10.0. The summed E-state index contributed by atoms with van der Waals surface area (Å²) < 4.78 is 1.60. The second-order valence-electron chi connectivity index (χ2n) is 7.55. The molecule has 10 heteroatoms. The van der Waals surface area contributed by atoms with Crippen LogP contribution in [0, 0.1) is 0 Å². The van der Waals surface area contributed by atoms with E-state index in [1.807, 2.05) is 0 Å². The number of aliphatic carboxylic acids is 2. The number of carbonyl (C=O) groups excluding carboxylic acids is 2. The Kier molecular flexibility index (Phi) is 8.55. The van der Waals surface area contributed by atoms with Gasteiger partial charge in [-0.15, -0.1) is 0 Å². The van der Waals surface area contributed by atoms with Crippen LogP contribution in [0.4, 0.5) is 0 Å². The lowest BCUT2D eigenvalue weighted by Crippen LogP contribution is -2.54. The monoisotopic (exact) mass is 422 g/mol. The Morgan fingerprint density at radius 1 is 1.23 bits per heavy atom. The number of hydrogen-bond donors (Lipinski definition) is 4. The molecule has 1 aliphatic heterocycles. The number of carboxylic acid groups (broad SMARTS) is 2. The van der Waals surface area contributed by atoms with Gasteiger partial charge in [0, 0.05) is 26.2 Å². The number of Topliss-reactive ketones (excluding diaryl/α,β-unsaturated/α-hetero) is 1. The molecule has 0 radical (unpaired) electrons. The molecule has 1 amide bonds. The fraction of sp³-hybridized carbons (Fsp3) is 0.600. The summed E-state index contributed by atoms with van der Waals surface area (Å²) in [5.74, 6) is -3.13. The number of amides is 1. The summed E-state index contributed by atoms with van der Waals surface area (Å²) in [6.45, 7) is 0.738. The molecule has 0 spiro atoms. The van der Waals surface area contributed by atoms with E-state index in [9.17, 15) is 29.4 Å². The van der Waals surface area contributed by atoms with Crippen LogP contribution >= 0.6 is 0 Å². The van der Waals surface area contributed by atoms with Crippen LogP contribution in [0.15, 0.2) is 18.3 Å². The molecule has 10 nitrogen and oxygen atoms in total. The molecule has 1 saturated heterocycles. The van der Waals surface area contributed by atoms with Crippen molar-refractivity contribution in [1.29, 1.82) is 0 Å². The van der Waals surface area contributed by atoms with Crippen molar-refractivity contribution in [2.45, 2.75) is 56.7 Å². The molecule has 2 heterocycles. The summed E-state index contributed by atoms with van der Waals surface area (Å²) in [6, 6.07) is 0.204. The Labute approximate surface area is 175 Å². The topological polar surface area (TPSA) is 155 Å². The maximum absolute atomic E-state index is 13.1. The van der Waals surface area contributed by atoms with Gasteiger partial charge >= 0.3 is 11.9 Å². The van der Waals surface area contributed by atoms with Gasteiger partial charge in [0.15, 0.2) is 5.78 Å². The van der Waals surface area contributed by atoms with Crippen LogP contribution in [-0.4, -0.2) is 74.5 Å². The molecule has 0 bridgehead atoms. The van der Waals surface area contributed by atoms with Crippen LogP contribution in [0.25, 0.3) is 0 Å². The SMILES string of the molecule is Cn1cccc1C(=O)CC(N[C@@H](CCCCN)C(=O)N1CCC[C@H]1C(=O)O)C(=O)O. The number of likely N-dealkylation sites (tertiary alicyclic amines) is 1. The Morgan fingerprint density at radius 2 is 1.97 bits per heavy atom. The minimum Gasteiger partial charge on any atom is -0.480 e. The molecular formula is C20H30N4O6. The molecule has 2 rings (SSSR count). The van der Waals surface area contributed by atoms with E-state index in [0.717, 1.165) is 0 Å². The third-order valence-electron chi connectivity index (χ3n) is 5.39. The van der Waals surface area contributed by atoms with E-state index in [2.05, 4.69) is 5.32 Å². The molecule has 1 fully saturated rings. The third kappa shape index (κ3) is 5.90. The van der Waals surface area contributed by atoms with E-state index in [1.54, 1.807) is 29.9 Å². The summed E-state index contributed by atoms with van der Waals surface area (Å²) in [5, 5.41) is 21.8.